The number of amides is 3. The van der Waals surface area contributed by atoms with Gasteiger partial charge in [-0.25, -0.2) is 0 Å². The number of hydrazine groups is 1. The molecular formula is C19H20ClN3O3S. The van der Waals surface area contributed by atoms with Gasteiger partial charge in [-0.3, -0.25) is 25.2 Å². The second kappa shape index (κ2) is 10.6. The van der Waals surface area contributed by atoms with Crippen molar-refractivity contribution in [2.75, 3.05) is 12.0 Å². The van der Waals surface area contributed by atoms with Gasteiger partial charge in [0.05, 0.1) is 0 Å². The lowest BCUT2D eigenvalue weighted by Crippen LogP contribution is -2.52. The molecule has 3 amide bonds. The third-order valence-electron chi connectivity index (χ3n) is 3.67. The first-order chi connectivity index (χ1) is 13.0. The fourth-order valence-corrected chi connectivity index (χ4v) is 2.81. The molecule has 0 aliphatic carbocycles. The Kier molecular flexibility index (Phi) is 8.16. The molecule has 1 atom stereocenters. The van der Waals surface area contributed by atoms with Crippen molar-refractivity contribution in [2.45, 2.75) is 12.5 Å². The van der Waals surface area contributed by atoms with Gasteiger partial charge in [-0.15, -0.1) is 0 Å². The summed E-state index contributed by atoms with van der Waals surface area (Å²) in [7, 11) is 0. The predicted octanol–water partition coefficient (Wildman–Crippen LogP) is 2.65. The number of rotatable bonds is 7. The van der Waals surface area contributed by atoms with Crippen LogP contribution in [0.4, 0.5) is 0 Å². The van der Waals surface area contributed by atoms with E-state index < -0.39 is 17.9 Å². The molecule has 2 aromatic rings. The molecule has 0 aliphatic heterocycles. The Morgan fingerprint density at radius 2 is 1.56 bits per heavy atom. The Hall–Kier alpha value is -2.51. The molecule has 0 spiro atoms. The molecule has 2 rings (SSSR count). The predicted molar refractivity (Wildman–Crippen MR) is 108 cm³/mol. The zero-order chi connectivity index (χ0) is 19.6. The van der Waals surface area contributed by atoms with Gasteiger partial charge < -0.3 is 5.32 Å². The number of nitrogens with one attached hydrogen (secondary N) is 3. The minimum Gasteiger partial charge on any atom is -0.340 e. The number of carbonyl (C=O) groups is 3. The van der Waals surface area contributed by atoms with Gasteiger partial charge in [0.25, 0.3) is 17.7 Å². The lowest BCUT2D eigenvalue weighted by atomic mass is 10.1. The summed E-state index contributed by atoms with van der Waals surface area (Å²) in [6.45, 7) is 0. The zero-order valence-corrected chi connectivity index (χ0v) is 16.3. The van der Waals surface area contributed by atoms with E-state index in [9.17, 15) is 14.4 Å². The maximum Gasteiger partial charge on any atom is 0.269 e. The molecule has 0 fully saturated rings. The highest BCUT2D eigenvalue weighted by Gasteiger charge is 2.21. The van der Waals surface area contributed by atoms with E-state index in [0.29, 0.717) is 28.3 Å². The summed E-state index contributed by atoms with van der Waals surface area (Å²) in [6.07, 6.45) is 2.35. The summed E-state index contributed by atoms with van der Waals surface area (Å²) < 4.78 is 0. The highest BCUT2D eigenvalue weighted by Crippen LogP contribution is 2.09. The Labute approximate surface area is 167 Å². The van der Waals surface area contributed by atoms with E-state index in [1.807, 2.05) is 6.26 Å². The number of hydrogen-bond acceptors (Lipinski definition) is 4. The SMILES string of the molecule is CSCC[C@@H](NC(=O)c1ccccc1)C(=O)NNC(=O)c1ccc(Cl)cc1. The first-order valence-electron chi connectivity index (χ1n) is 8.22. The van der Waals surface area contributed by atoms with Crippen LogP contribution in [-0.2, 0) is 4.79 Å². The van der Waals surface area contributed by atoms with Gasteiger partial charge in [-0.1, -0.05) is 29.8 Å². The van der Waals surface area contributed by atoms with Gasteiger partial charge >= 0.3 is 0 Å². The molecule has 0 unspecified atom stereocenters. The molecule has 0 aliphatic rings. The summed E-state index contributed by atoms with van der Waals surface area (Å²) in [6, 6.07) is 14.1. The van der Waals surface area contributed by atoms with Crippen LogP contribution in [0, 0.1) is 0 Å². The van der Waals surface area contributed by atoms with Crippen LogP contribution in [-0.4, -0.2) is 35.8 Å². The molecule has 0 saturated heterocycles. The summed E-state index contributed by atoms with van der Waals surface area (Å²) in [5.41, 5.74) is 5.53. The smallest absolute Gasteiger partial charge is 0.269 e. The molecule has 0 heterocycles. The summed E-state index contributed by atoms with van der Waals surface area (Å²) in [5, 5.41) is 3.22. The van der Waals surface area contributed by atoms with E-state index in [1.165, 1.54) is 0 Å². The summed E-state index contributed by atoms with van der Waals surface area (Å²) in [5.74, 6) is -0.632. The fraction of sp³-hybridized carbons (Fsp3) is 0.211. The molecule has 0 aromatic heterocycles. The first-order valence-corrected chi connectivity index (χ1v) is 9.99. The minimum absolute atomic E-state index is 0.346. The van der Waals surface area contributed by atoms with Crippen LogP contribution >= 0.6 is 23.4 Å². The third kappa shape index (κ3) is 6.62. The van der Waals surface area contributed by atoms with Crippen LogP contribution in [0.2, 0.25) is 5.02 Å². The van der Waals surface area contributed by atoms with Crippen LogP contribution in [0.25, 0.3) is 0 Å². The van der Waals surface area contributed by atoms with E-state index in [2.05, 4.69) is 16.2 Å². The lowest BCUT2D eigenvalue weighted by Gasteiger charge is -2.18. The summed E-state index contributed by atoms with van der Waals surface area (Å²) >= 11 is 7.35. The van der Waals surface area contributed by atoms with E-state index in [0.717, 1.165) is 0 Å². The monoisotopic (exact) mass is 405 g/mol. The molecule has 0 bridgehead atoms. The van der Waals surface area contributed by atoms with Gasteiger partial charge in [-0.2, -0.15) is 11.8 Å². The fourth-order valence-electron chi connectivity index (χ4n) is 2.21. The lowest BCUT2D eigenvalue weighted by molar-refractivity contribution is -0.123. The van der Waals surface area contributed by atoms with Crippen molar-refractivity contribution in [3.63, 3.8) is 0 Å². The van der Waals surface area contributed by atoms with Gasteiger partial charge in [0.1, 0.15) is 6.04 Å². The van der Waals surface area contributed by atoms with Crippen LogP contribution in [0.15, 0.2) is 54.6 Å². The van der Waals surface area contributed by atoms with Gasteiger partial charge in [0.15, 0.2) is 0 Å². The standard InChI is InChI=1S/C19H20ClN3O3S/c1-27-12-11-16(21-17(24)13-5-3-2-4-6-13)19(26)23-22-18(25)14-7-9-15(20)10-8-14/h2-10,16H,11-12H2,1H3,(H,21,24)(H,22,25)(H,23,26)/t16-/m1/s1. The topological polar surface area (TPSA) is 87.3 Å². The van der Waals surface area contributed by atoms with Crippen molar-refractivity contribution >= 4 is 41.1 Å². The number of benzene rings is 2. The Morgan fingerprint density at radius 3 is 2.19 bits per heavy atom. The number of hydrogen-bond donors (Lipinski definition) is 3. The van der Waals surface area contributed by atoms with Crippen molar-refractivity contribution in [1.29, 1.82) is 0 Å². The maximum atomic E-state index is 12.4. The van der Waals surface area contributed by atoms with Crippen LogP contribution in [0.5, 0.6) is 0 Å². The molecule has 0 radical (unpaired) electrons. The normalized spacial score (nSPS) is 11.3. The average molecular weight is 406 g/mol. The number of thioether (sulfide) groups is 1. The van der Waals surface area contributed by atoms with Crippen LogP contribution < -0.4 is 16.2 Å². The van der Waals surface area contributed by atoms with Gasteiger partial charge in [-0.05, 0) is 54.8 Å². The van der Waals surface area contributed by atoms with Crippen molar-refractivity contribution in [3.05, 3.63) is 70.7 Å². The van der Waals surface area contributed by atoms with Gasteiger partial charge in [0.2, 0.25) is 0 Å². The van der Waals surface area contributed by atoms with Gasteiger partial charge in [0, 0.05) is 16.1 Å². The molecule has 8 heteroatoms. The highest BCUT2D eigenvalue weighted by atomic mass is 35.5. The second-order valence-electron chi connectivity index (χ2n) is 5.62. The van der Waals surface area contributed by atoms with Crippen molar-refractivity contribution in [3.8, 4) is 0 Å². The second-order valence-corrected chi connectivity index (χ2v) is 7.05. The van der Waals surface area contributed by atoms with E-state index in [4.69, 9.17) is 11.6 Å². The van der Waals surface area contributed by atoms with Crippen molar-refractivity contribution in [2.24, 2.45) is 0 Å². The van der Waals surface area contributed by atoms with Crippen LogP contribution in [0.1, 0.15) is 27.1 Å². The molecule has 2 aromatic carbocycles. The number of carbonyl (C=O) groups excluding carboxylic acids is 3. The molecule has 3 N–H and O–H groups in total. The van der Waals surface area contributed by atoms with E-state index >= 15 is 0 Å². The Balaban J connectivity index is 1.96. The van der Waals surface area contributed by atoms with E-state index in [-0.39, 0.29) is 5.91 Å². The quantitative estimate of drug-likeness (QED) is 0.618. The molecule has 27 heavy (non-hydrogen) atoms. The third-order valence-corrected chi connectivity index (χ3v) is 4.57. The van der Waals surface area contributed by atoms with Crippen LogP contribution in [0.3, 0.4) is 0 Å². The molecule has 6 nitrogen and oxygen atoms in total. The minimum atomic E-state index is -0.768. The van der Waals surface area contributed by atoms with E-state index in [1.54, 1.807) is 66.4 Å². The van der Waals surface area contributed by atoms with Crippen molar-refractivity contribution < 1.29 is 14.4 Å². The Morgan fingerprint density at radius 1 is 0.926 bits per heavy atom. The zero-order valence-electron chi connectivity index (χ0n) is 14.7. The number of halogens is 1. The maximum absolute atomic E-state index is 12.4. The average Bonchev–Trinajstić information content (AvgIpc) is 2.70. The largest absolute Gasteiger partial charge is 0.340 e. The van der Waals surface area contributed by atoms with Crippen molar-refractivity contribution in [1.82, 2.24) is 16.2 Å². The molecule has 142 valence electrons. The first kappa shape index (κ1) is 20.8. The Bertz CT molecular complexity index is 785. The molecular weight excluding hydrogens is 386 g/mol. The molecule has 0 saturated carbocycles. The summed E-state index contributed by atoms with van der Waals surface area (Å²) in [4.78, 5) is 36.8. The highest BCUT2D eigenvalue weighted by molar-refractivity contribution is 7.98.